The zero-order valence-electron chi connectivity index (χ0n) is 17.6. The summed E-state index contributed by atoms with van der Waals surface area (Å²) in [6.07, 6.45) is 3.37. The molecular weight excluding hydrogens is 392 g/mol. The van der Waals surface area contributed by atoms with E-state index < -0.39 is 5.60 Å². The minimum atomic E-state index is -0.508. The molecule has 8 heteroatoms. The van der Waals surface area contributed by atoms with Crippen LogP contribution in [-0.2, 0) is 11.3 Å². The van der Waals surface area contributed by atoms with E-state index in [-0.39, 0.29) is 12.1 Å². The second-order valence-electron chi connectivity index (χ2n) is 7.80. The van der Waals surface area contributed by atoms with Gasteiger partial charge in [-0.05, 0) is 45.7 Å². The summed E-state index contributed by atoms with van der Waals surface area (Å²) in [5, 5.41) is 0.916. The molecule has 7 nitrogen and oxygen atoms in total. The lowest BCUT2D eigenvalue weighted by molar-refractivity contribution is 0.0224. The fourth-order valence-corrected chi connectivity index (χ4v) is 4.15. The molecule has 29 heavy (non-hydrogen) atoms. The van der Waals surface area contributed by atoms with Crippen LogP contribution in [0.25, 0.3) is 0 Å². The average molecular weight is 421 g/mol. The molecule has 1 aromatic heterocycles. The molecule has 1 fully saturated rings. The Hall–Kier alpha value is -2.48. The highest BCUT2D eigenvalue weighted by atomic mass is 32.1. The molecule has 0 radical (unpaired) electrons. The van der Waals surface area contributed by atoms with Crippen molar-refractivity contribution in [3.8, 4) is 17.2 Å². The van der Waals surface area contributed by atoms with Crippen LogP contribution >= 0.6 is 11.3 Å². The Morgan fingerprint density at radius 3 is 2.69 bits per heavy atom. The molecule has 1 aromatic carbocycles. The van der Waals surface area contributed by atoms with E-state index in [1.807, 2.05) is 39.1 Å². The Labute approximate surface area is 175 Å². The van der Waals surface area contributed by atoms with Gasteiger partial charge in [0.05, 0.1) is 25.1 Å². The first-order valence-corrected chi connectivity index (χ1v) is 10.4. The van der Waals surface area contributed by atoms with Gasteiger partial charge < -0.3 is 18.9 Å². The number of hydrogen-bond acceptors (Lipinski definition) is 7. The monoisotopic (exact) mass is 420 g/mol. The highest BCUT2D eigenvalue weighted by molar-refractivity contribution is 7.11. The minimum Gasteiger partial charge on any atom is -0.493 e. The van der Waals surface area contributed by atoms with Crippen molar-refractivity contribution in [3.05, 3.63) is 34.3 Å². The van der Waals surface area contributed by atoms with Crippen LogP contribution in [0.3, 0.4) is 0 Å². The quantitative estimate of drug-likeness (QED) is 0.668. The molecule has 1 atom stereocenters. The van der Waals surface area contributed by atoms with E-state index >= 15 is 0 Å². The summed E-state index contributed by atoms with van der Waals surface area (Å²) in [6, 6.07) is 5.40. The summed E-state index contributed by atoms with van der Waals surface area (Å²) >= 11 is 1.56. The standard InChI is InChI=1S/C21H28N2O5S/c1-21(2,3)28-20(24)23-10-6-7-16(23)19-22-12-15(29-19)13-27-14-8-9-17(25-4)18(11-14)26-5/h8-9,11-12,16H,6-7,10,13H2,1-5H3/t16-/m0/s1. The third kappa shape index (κ3) is 5.32. The van der Waals surface area contributed by atoms with Gasteiger partial charge in [-0.1, -0.05) is 0 Å². The van der Waals surface area contributed by atoms with E-state index in [1.165, 1.54) is 0 Å². The second kappa shape index (κ2) is 8.90. The number of aromatic nitrogens is 1. The van der Waals surface area contributed by atoms with Gasteiger partial charge in [0.2, 0.25) is 0 Å². The molecule has 0 N–H and O–H groups in total. The van der Waals surface area contributed by atoms with Crippen LogP contribution in [0.4, 0.5) is 4.79 Å². The van der Waals surface area contributed by atoms with E-state index in [2.05, 4.69) is 4.98 Å². The molecule has 0 aliphatic carbocycles. The van der Waals surface area contributed by atoms with Crippen LogP contribution in [0, 0.1) is 0 Å². The van der Waals surface area contributed by atoms with Crippen molar-refractivity contribution in [1.82, 2.24) is 9.88 Å². The Bertz CT molecular complexity index is 846. The number of thiazole rings is 1. The minimum absolute atomic E-state index is 0.0373. The number of rotatable bonds is 6. The molecule has 0 bridgehead atoms. The number of hydrogen-bond donors (Lipinski definition) is 0. The number of benzene rings is 1. The van der Waals surface area contributed by atoms with Gasteiger partial charge in [-0.2, -0.15) is 0 Å². The molecule has 0 saturated carbocycles. The Morgan fingerprint density at radius 1 is 1.24 bits per heavy atom. The van der Waals surface area contributed by atoms with Gasteiger partial charge in [0, 0.05) is 18.8 Å². The van der Waals surface area contributed by atoms with Gasteiger partial charge in [-0.25, -0.2) is 9.78 Å². The first-order chi connectivity index (χ1) is 13.8. The van der Waals surface area contributed by atoms with E-state index in [0.717, 1.165) is 22.7 Å². The van der Waals surface area contributed by atoms with Crippen LogP contribution in [0.1, 0.15) is 49.5 Å². The van der Waals surface area contributed by atoms with E-state index in [1.54, 1.807) is 36.5 Å². The van der Waals surface area contributed by atoms with Crippen LogP contribution < -0.4 is 14.2 Å². The van der Waals surface area contributed by atoms with Crippen molar-refractivity contribution >= 4 is 17.4 Å². The topological polar surface area (TPSA) is 70.1 Å². The predicted octanol–water partition coefficient (Wildman–Crippen LogP) is 4.81. The molecule has 0 spiro atoms. The van der Waals surface area contributed by atoms with E-state index in [0.29, 0.717) is 30.4 Å². The molecule has 1 amide bonds. The maximum atomic E-state index is 12.5. The summed E-state index contributed by atoms with van der Waals surface area (Å²) in [5.74, 6) is 1.96. The van der Waals surface area contributed by atoms with Crippen molar-refractivity contribution in [2.45, 2.75) is 51.9 Å². The Kier molecular flexibility index (Phi) is 6.52. The molecule has 1 aliphatic rings. The highest BCUT2D eigenvalue weighted by Gasteiger charge is 2.34. The van der Waals surface area contributed by atoms with Gasteiger partial charge in [-0.3, -0.25) is 4.90 Å². The normalized spacial score (nSPS) is 16.6. The molecule has 2 aromatic rings. The summed E-state index contributed by atoms with van der Waals surface area (Å²) in [4.78, 5) is 19.8. The number of methoxy groups -OCH3 is 2. The van der Waals surface area contributed by atoms with Crippen LogP contribution in [0.15, 0.2) is 24.4 Å². The lowest BCUT2D eigenvalue weighted by Crippen LogP contribution is -2.36. The van der Waals surface area contributed by atoms with Gasteiger partial charge in [0.25, 0.3) is 0 Å². The molecule has 1 saturated heterocycles. The number of likely N-dealkylation sites (tertiary alicyclic amines) is 1. The highest BCUT2D eigenvalue weighted by Crippen LogP contribution is 2.36. The summed E-state index contributed by atoms with van der Waals surface area (Å²) in [5.41, 5.74) is -0.508. The lowest BCUT2D eigenvalue weighted by atomic mass is 10.2. The van der Waals surface area contributed by atoms with Crippen LogP contribution in [-0.4, -0.2) is 42.3 Å². The summed E-state index contributed by atoms with van der Waals surface area (Å²) in [7, 11) is 3.19. The molecule has 1 aliphatic heterocycles. The molecule has 0 unspecified atom stereocenters. The fraction of sp³-hybridized carbons (Fsp3) is 0.524. The SMILES string of the molecule is COc1ccc(OCc2cnc([C@@H]3CCCN3C(=O)OC(C)(C)C)s2)cc1OC. The maximum Gasteiger partial charge on any atom is 0.410 e. The van der Waals surface area contributed by atoms with Crippen molar-refractivity contribution in [1.29, 1.82) is 0 Å². The summed E-state index contributed by atoms with van der Waals surface area (Å²) in [6.45, 7) is 6.72. The Morgan fingerprint density at radius 2 is 2.00 bits per heavy atom. The Balaban J connectivity index is 1.64. The zero-order chi connectivity index (χ0) is 21.0. The van der Waals surface area contributed by atoms with Crippen molar-refractivity contribution in [2.24, 2.45) is 0 Å². The first-order valence-electron chi connectivity index (χ1n) is 9.60. The number of amides is 1. The largest absolute Gasteiger partial charge is 0.493 e. The van der Waals surface area contributed by atoms with E-state index in [4.69, 9.17) is 18.9 Å². The zero-order valence-corrected chi connectivity index (χ0v) is 18.4. The van der Waals surface area contributed by atoms with Gasteiger partial charge >= 0.3 is 6.09 Å². The molecule has 2 heterocycles. The number of carbonyl (C=O) groups excluding carboxylic acids is 1. The van der Waals surface area contributed by atoms with Crippen LogP contribution in [0.5, 0.6) is 17.2 Å². The first kappa shape index (κ1) is 21.2. The van der Waals surface area contributed by atoms with Crippen molar-refractivity contribution in [2.75, 3.05) is 20.8 Å². The second-order valence-corrected chi connectivity index (χ2v) is 8.95. The third-order valence-electron chi connectivity index (χ3n) is 4.47. The fourth-order valence-electron chi connectivity index (χ4n) is 3.17. The smallest absolute Gasteiger partial charge is 0.410 e. The molecule has 3 rings (SSSR count). The number of ether oxygens (including phenoxy) is 4. The predicted molar refractivity (Wildman–Crippen MR) is 111 cm³/mol. The van der Waals surface area contributed by atoms with Gasteiger partial charge in [0.15, 0.2) is 11.5 Å². The van der Waals surface area contributed by atoms with Crippen molar-refractivity contribution < 1.29 is 23.7 Å². The van der Waals surface area contributed by atoms with Gasteiger partial charge in [0.1, 0.15) is 23.0 Å². The molecular formula is C21H28N2O5S. The molecule has 158 valence electrons. The van der Waals surface area contributed by atoms with Crippen molar-refractivity contribution in [3.63, 3.8) is 0 Å². The van der Waals surface area contributed by atoms with E-state index in [9.17, 15) is 4.79 Å². The number of nitrogens with zero attached hydrogens (tertiary/aromatic N) is 2. The number of carbonyl (C=O) groups is 1. The maximum absolute atomic E-state index is 12.5. The van der Waals surface area contributed by atoms with Gasteiger partial charge in [-0.15, -0.1) is 11.3 Å². The lowest BCUT2D eigenvalue weighted by Gasteiger charge is -2.27. The average Bonchev–Trinajstić information content (AvgIpc) is 3.33. The third-order valence-corrected chi connectivity index (χ3v) is 5.55. The van der Waals surface area contributed by atoms with Crippen LogP contribution in [0.2, 0.25) is 0 Å². The summed E-state index contributed by atoms with van der Waals surface area (Å²) < 4.78 is 22.0.